The predicted octanol–water partition coefficient (Wildman–Crippen LogP) is 0.330. The van der Waals surface area contributed by atoms with Crippen LogP contribution in [0.5, 0.6) is 5.75 Å². The van der Waals surface area contributed by atoms with E-state index in [1.165, 1.54) is 5.56 Å². The van der Waals surface area contributed by atoms with E-state index in [1.807, 2.05) is 34.7 Å². The van der Waals surface area contributed by atoms with Crippen molar-refractivity contribution in [3.05, 3.63) is 42.5 Å². The van der Waals surface area contributed by atoms with Crippen LogP contribution < -0.4 is 10.1 Å². The van der Waals surface area contributed by atoms with E-state index < -0.39 is 0 Å². The molecule has 0 fully saturated rings. The number of nitrogens with one attached hydrogen (secondary N) is 1. The van der Waals surface area contributed by atoms with Crippen LogP contribution >= 0.6 is 0 Å². The van der Waals surface area contributed by atoms with Gasteiger partial charge in [0.15, 0.2) is 0 Å². The van der Waals surface area contributed by atoms with Crippen molar-refractivity contribution in [1.29, 1.82) is 0 Å². The molecule has 0 spiro atoms. The van der Waals surface area contributed by atoms with Crippen molar-refractivity contribution in [2.24, 2.45) is 0 Å². The van der Waals surface area contributed by atoms with Crippen LogP contribution in [0, 0.1) is 0 Å². The smallest absolute Gasteiger partial charge is 0.234 e. The van der Waals surface area contributed by atoms with Crippen LogP contribution in [0.2, 0.25) is 0 Å². The molecule has 1 amide bonds. The quantitative estimate of drug-likeness (QED) is 0.797. The van der Waals surface area contributed by atoms with Gasteiger partial charge in [-0.15, -0.1) is 10.2 Å². The maximum atomic E-state index is 12.0. The molecular formula is C16H21N5O2. The first-order valence-electron chi connectivity index (χ1n) is 7.73. The van der Waals surface area contributed by atoms with Crippen molar-refractivity contribution < 1.29 is 9.53 Å². The van der Waals surface area contributed by atoms with Crippen LogP contribution in [0.25, 0.3) is 0 Å². The van der Waals surface area contributed by atoms with Crippen LogP contribution in [0.15, 0.2) is 36.9 Å². The molecule has 1 atom stereocenters. The Kier molecular flexibility index (Phi) is 4.87. The summed E-state index contributed by atoms with van der Waals surface area (Å²) in [5, 5.41) is 10.5. The van der Waals surface area contributed by atoms with Gasteiger partial charge in [0.25, 0.3) is 0 Å². The number of nitrogens with zero attached hydrogens (tertiary/aromatic N) is 4. The Morgan fingerprint density at radius 2 is 2.17 bits per heavy atom. The molecule has 1 aromatic carbocycles. The maximum absolute atomic E-state index is 12.0. The molecule has 2 heterocycles. The van der Waals surface area contributed by atoms with E-state index in [1.54, 1.807) is 12.7 Å². The van der Waals surface area contributed by atoms with Gasteiger partial charge in [-0.25, -0.2) is 0 Å². The number of rotatable bonds is 7. The fraction of sp³-hybridized carbons (Fsp3) is 0.438. The van der Waals surface area contributed by atoms with Crippen molar-refractivity contribution in [2.45, 2.75) is 19.1 Å². The molecule has 0 radical (unpaired) electrons. The van der Waals surface area contributed by atoms with Crippen molar-refractivity contribution in [2.75, 3.05) is 26.7 Å². The van der Waals surface area contributed by atoms with Gasteiger partial charge >= 0.3 is 0 Å². The van der Waals surface area contributed by atoms with Gasteiger partial charge in [0, 0.05) is 19.5 Å². The third kappa shape index (κ3) is 4.29. The summed E-state index contributed by atoms with van der Waals surface area (Å²) in [5.41, 5.74) is 1.21. The van der Waals surface area contributed by atoms with E-state index >= 15 is 0 Å². The van der Waals surface area contributed by atoms with E-state index in [4.69, 9.17) is 4.74 Å². The minimum atomic E-state index is 0.0100. The zero-order chi connectivity index (χ0) is 16.1. The summed E-state index contributed by atoms with van der Waals surface area (Å²) in [5.74, 6) is 0.939. The molecule has 0 saturated heterocycles. The average molecular weight is 315 g/mol. The Balaban J connectivity index is 1.35. The number of likely N-dealkylation sites (N-methyl/N-ethyl adjacent to an activating group) is 1. The lowest BCUT2D eigenvalue weighted by Crippen LogP contribution is -2.40. The van der Waals surface area contributed by atoms with E-state index in [-0.39, 0.29) is 12.0 Å². The molecule has 0 aliphatic carbocycles. The number of benzene rings is 1. The van der Waals surface area contributed by atoms with Crippen molar-refractivity contribution >= 4 is 5.91 Å². The van der Waals surface area contributed by atoms with Gasteiger partial charge < -0.3 is 14.6 Å². The first-order valence-corrected chi connectivity index (χ1v) is 7.73. The van der Waals surface area contributed by atoms with Crippen molar-refractivity contribution in [1.82, 2.24) is 25.0 Å². The molecule has 0 bridgehead atoms. The molecule has 1 aromatic heterocycles. The fourth-order valence-corrected chi connectivity index (χ4v) is 2.60. The van der Waals surface area contributed by atoms with E-state index in [2.05, 4.69) is 21.6 Å². The van der Waals surface area contributed by atoms with Crippen LogP contribution in [-0.2, 0) is 17.8 Å². The molecule has 122 valence electrons. The van der Waals surface area contributed by atoms with E-state index in [0.29, 0.717) is 13.1 Å². The largest absolute Gasteiger partial charge is 0.488 e. The SMILES string of the molecule is CN(CCn1cnnc1)CC(=O)NC[C@H]1Cc2ccccc2O1. The number of ether oxygens (including phenoxy) is 1. The first-order chi connectivity index (χ1) is 11.2. The molecule has 1 aliphatic heterocycles. The normalized spacial score (nSPS) is 16.2. The second kappa shape index (κ2) is 7.23. The summed E-state index contributed by atoms with van der Waals surface area (Å²) in [6.07, 6.45) is 4.21. The number of carbonyl (C=O) groups excluding carboxylic acids is 1. The van der Waals surface area contributed by atoms with Crippen molar-refractivity contribution in [3.8, 4) is 5.75 Å². The summed E-state index contributed by atoms with van der Waals surface area (Å²) in [6.45, 7) is 2.42. The Labute approximate surface area is 135 Å². The van der Waals surface area contributed by atoms with E-state index in [0.717, 1.165) is 25.3 Å². The highest BCUT2D eigenvalue weighted by atomic mass is 16.5. The zero-order valence-electron chi connectivity index (χ0n) is 13.2. The van der Waals surface area contributed by atoms with Crippen LogP contribution in [0.4, 0.5) is 0 Å². The van der Waals surface area contributed by atoms with Gasteiger partial charge in [-0.1, -0.05) is 18.2 Å². The van der Waals surface area contributed by atoms with Gasteiger partial charge in [0.05, 0.1) is 13.1 Å². The minimum Gasteiger partial charge on any atom is -0.488 e. The summed E-state index contributed by atoms with van der Waals surface area (Å²) in [4.78, 5) is 14.0. The Bertz CT molecular complexity index is 619. The topological polar surface area (TPSA) is 72.3 Å². The van der Waals surface area contributed by atoms with E-state index in [9.17, 15) is 4.79 Å². The van der Waals surface area contributed by atoms with Gasteiger partial charge in [0.2, 0.25) is 5.91 Å². The highest BCUT2D eigenvalue weighted by Crippen LogP contribution is 2.27. The summed E-state index contributed by atoms with van der Waals surface area (Å²) >= 11 is 0. The number of carbonyl (C=O) groups is 1. The van der Waals surface area contributed by atoms with Gasteiger partial charge in [-0.3, -0.25) is 9.69 Å². The molecule has 23 heavy (non-hydrogen) atoms. The second-order valence-corrected chi connectivity index (χ2v) is 5.79. The lowest BCUT2D eigenvalue weighted by molar-refractivity contribution is -0.122. The van der Waals surface area contributed by atoms with Gasteiger partial charge in [0.1, 0.15) is 24.5 Å². The number of fused-ring (bicyclic) bond motifs is 1. The Hall–Kier alpha value is -2.41. The summed E-state index contributed by atoms with van der Waals surface area (Å²) in [7, 11) is 1.92. The lowest BCUT2D eigenvalue weighted by atomic mass is 10.1. The first kappa shape index (κ1) is 15.5. The van der Waals surface area contributed by atoms with Gasteiger partial charge in [-0.05, 0) is 18.7 Å². The highest BCUT2D eigenvalue weighted by Gasteiger charge is 2.22. The molecule has 3 rings (SSSR count). The molecule has 7 nitrogen and oxygen atoms in total. The number of amides is 1. The molecular weight excluding hydrogens is 294 g/mol. The molecule has 2 aromatic rings. The standard InChI is InChI=1S/C16H21N5O2/c1-20(6-7-21-11-18-19-12-21)10-16(22)17-9-14-8-13-4-2-3-5-15(13)23-14/h2-5,11-12,14H,6-10H2,1H3,(H,17,22)/t14-/m1/s1. The fourth-order valence-electron chi connectivity index (χ4n) is 2.60. The summed E-state index contributed by atoms with van der Waals surface area (Å²) in [6, 6.07) is 8.00. The minimum absolute atomic E-state index is 0.0100. The number of aromatic nitrogens is 3. The van der Waals surface area contributed by atoms with Crippen LogP contribution in [-0.4, -0.2) is 58.4 Å². The highest BCUT2D eigenvalue weighted by molar-refractivity contribution is 5.78. The summed E-state index contributed by atoms with van der Waals surface area (Å²) < 4.78 is 7.70. The number of para-hydroxylation sites is 1. The molecule has 1 N–H and O–H groups in total. The van der Waals surface area contributed by atoms with Gasteiger partial charge in [-0.2, -0.15) is 0 Å². The predicted molar refractivity (Wildman–Crippen MR) is 85.1 cm³/mol. The Morgan fingerprint density at radius 1 is 1.39 bits per heavy atom. The van der Waals surface area contributed by atoms with Crippen LogP contribution in [0.1, 0.15) is 5.56 Å². The third-order valence-electron chi connectivity index (χ3n) is 3.86. The second-order valence-electron chi connectivity index (χ2n) is 5.79. The third-order valence-corrected chi connectivity index (χ3v) is 3.86. The number of hydrogen-bond acceptors (Lipinski definition) is 5. The maximum Gasteiger partial charge on any atom is 0.234 e. The Morgan fingerprint density at radius 3 is 2.96 bits per heavy atom. The molecule has 7 heteroatoms. The molecule has 0 unspecified atom stereocenters. The monoisotopic (exact) mass is 315 g/mol. The zero-order valence-corrected chi connectivity index (χ0v) is 13.2. The van der Waals surface area contributed by atoms with Crippen LogP contribution in [0.3, 0.4) is 0 Å². The molecule has 1 aliphatic rings. The van der Waals surface area contributed by atoms with Crippen molar-refractivity contribution in [3.63, 3.8) is 0 Å². The molecule has 0 saturated carbocycles. The average Bonchev–Trinajstić information content (AvgIpc) is 3.19. The lowest BCUT2D eigenvalue weighted by Gasteiger charge is -2.17. The number of hydrogen-bond donors (Lipinski definition) is 1.